The first-order valence-corrected chi connectivity index (χ1v) is 3.24. The maximum Gasteiger partial charge on any atom is 0.137 e. The van der Waals surface area contributed by atoms with Crippen LogP contribution in [-0.4, -0.2) is 23.4 Å². The lowest BCUT2D eigenvalue weighted by atomic mass is 10.2. The van der Waals surface area contributed by atoms with Crippen molar-refractivity contribution < 1.29 is 9.84 Å². The number of aliphatic hydroxyl groups is 1. The Bertz CT molecular complexity index is 127. The van der Waals surface area contributed by atoms with Crippen LogP contribution in [0.25, 0.3) is 0 Å². The Hall–Kier alpha value is -0.520. The van der Waals surface area contributed by atoms with Crippen molar-refractivity contribution >= 4 is 0 Å². The van der Waals surface area contributed by atoms with Crippen LogP contribution < -0.4 is 0 Å². The molecule has 1 atom stereocenters. The number of ether oxygens (including phenoxy) is 1. The minimum absolute atomic E-state index is 0. The summed E-state index contributed by atoms with van der Waals surface area (Å²) in [5.41, 5.74) is -0.224. The van der Waals surface area contributed by atoms with Crippen LogP contribution in [0.5, 0.6) is 0 Å². The van der Waals surface area contributed by atoms with Crippen LogP contribution >= 0.6 is 0 Å². The van der Waals surface area contributed by atoms with Crippen molar-refractivity contribution in [1.29, 1.82) is 0 Å². The van der Waals surface area contributed by atoms with Gasteiger partial charge in [-0.25, -0.2) is 0 Å². The molecule has 1 N–H and O–H groups in total. The van der Waals surface area contributed by atoms with E-state index in [4.69, 9.17) is 16.3 Å². The van der Waals surface area contributed by atoms with E-state index < -0.39 is 6.10 Å². The first-order valence-electron chi connectivity index (χ1n) is 3.24. The smallest absolute Gasteiger partial charge is 0.137 e. The Kier molecular flexibility index (Phi) is 6.16. The van der Waals surface area contributed by atoms with Gasteiger partial charge in [0.05, 0.1) is 12.2 Å². The standard InChI is InChI=1S/C8H14O2.CH4/c1-5-7(9)6-10-8(2,3)4;/h1,7,9H,6H2,2-4H3;1H4/t7-;/m0./s1. The molecule has 0 heterocycles. The summed E-state index contributed by atoms with van der Waals surface area (Å²) < 4.78 is 5.19. The molecule has 0 fully saturated rings. The molecule has 2 heteroatoms. The van der Waals surface area contributed by atoms with E-state index >= 15 is 0 Å². The molecule has 0 saturated heterocycles. The molecule has 0 aliphatic rings. The molecular formula is C9H18O2. The fourth-order valence-electron chi connectivity index (χ4n) is 0.377. The number of hydrogen-bond acceptors (Lipinski definition) is 2. The molecule has 0 aromatic carbocycles. The lowest BCUT2D eigenvalue weighted by Gasteiger charge is -2.19. The Balaban J connectivity index is 0. The third-order valence-electron chi connectivity index (χ3n) is 0.867. The molecule has 0 spiro atoms. The van der Waals surface area contributed by atoms with E-state index in [1.807, 2.05) is 20.8 Å². The second-order valence-corrected chi connectivity index (χ2v) is 3.11. The number of aliphatic hydroxyl groups excluding tert-OH is 1. The van der Waals surface area contributed by atoms with E-state index in [1.54, 1.807) is 0 Å². The highest BCUT2D eigenvalue weighted by atomic mass is 16.5. The first kappa shape index (κ1) is 13.1. The molecule has 2 nitrogen and oxygen atoms in total. The SMILES string of the molecule is C.C#C[C@H](O)COC(C)(C)C. The summed E-state index contributed by atoms with van der Waals surface area (Å²) in [7, 11) is 0. The largest absolute Gasteiger partial charge is 0.378 e. The quantitative estimate of drug-likeness (QED) is 0.616. The van der Waals surface area contributed by atoms with Gasteiger partial charge in [-0.3, -0.25) is 0 Å². The number of rotatable bonds is 2. The van der Waals surface area contributed by atoms with E-state index in [-0.39, 0.29) is 19.6 Å². The molecule has 0 saturated carbocycles. The zero-order valence-corrected chi connectivity index (χ0v) is 6.72. The van der Waals surface area contributed by atoms with Crippen LogP contribution in [0, 0.1) is 12.3 Å². The van der Waals surface area contributed by atoms with Crippen molar-refractivity contribution in [3.63, 3.8) is 0 Å². The van der Waals surface area contributed by atoms with E-state index in [2.05, 4.69) is 5.92 Å². The predicted molar refractivity (Wildman–Crippen MR) is 47.3 cm³/mol. The van der Waals surface area contributed by atoms with E-state index in [0.717, 1.165) is 0 Å². The lowest BCUT2D eigenvalue weighted by Crippen LogP contribution is -2.25. The Morgan fingerprint density at radius 1 is 1.55 bits per heavy atom. The van der Waals surface area contributed by atoms with Crippen molar-refractivity contribution in [2.45, 2.75) is 39.9 Å². The van der Waals surface area contributed by atoms with Gasteiger partial charge in [-0.05, 0) is 20.8 Å². The molecule has 0 aromatic heterocycles. The van der Waals surface area contributed by atoms with Gasteiger partial charge in [0.25, 0.3) is 0 Å². The molecular weight excluding hydrogens is 140 g/mol. The zero-order valence-electron chi connectivity index (χ0n) is 6.72. The minimum atomic E-state index is -0.778. The summed E-state index contributed by atoms with van der Waals surface area (Å²) in [5, 5.41) is 8.86. The Labute approximate surface area is 69.6 Å². The lowest BCUT2D eigenvalue weighted by molar-refractivity contribution is -0.0345. The first-order chi connectivity index (χ1) is 4.45. The number of hydrogen-bond donors (Lipinski definition) is 1. The van der Waals surface area contributed by atoms with Crippen LogP contribution in [0.2, 0.25) is 0 Å². The van der Waals surface area contributed by atoms with E-state index in [9.17, 15) is 0 Å². The van der Waals surface area contributed by atoms with Gasteiger partial charge in [-0.15, -0.1) is 6.42 Å². The normalized spacial score (nSPS) is 13.0. The highest BCUT2D eigenvalue weighted by Gasteiger charge is 2.11. The highest BCUT2D eigenvalue weighted by Crippen LogP contribution is 2.06. The van der Waals surface area contributed by atoms with Crippen LogP contribution in [0.15, 0.2) is 0 Å². The summed E-state index contributed by atoms with van der Waals surface area (Å²) in [4.78, 5) is 0. The second-order valence-electron chi connectivity index (χ2n) is 3.11. The minimum Gasteiger partial charge on any atom is -0.378 e. The molecule has 0 rings (SSSR count). The molecule has 0 aliphatic heterocycles. The second kappa shape index (κ2) is 5.17. The summed E-state index contributed by atoms with van der Waals surface area (Å²) in [6.45, 7) is 5.95. The fraction of sp³-hybridized carbons (Fsp3) is 0.778. The van der Waals surface area contributed by atoms with Gasteiger partial charge in [0.1, 0.15) is 6.10 Å². The van der Waals surface area contributed by atoms with Gasteiger partial charge in [-0.1, -0.05) is 13.3 Å². The average Bonchev–Trinajstić information content (AvgIpc) is 1.81. The van der Waals surface area contributed by atoms with Gasteiger partial charge in [0.15, 0.2) is 0 Å². The summed E-state index contributed by atoms with van der Waals surface area (Å²) in [5.74, 6) is 2.17. The molecule has 0 bridgehead atoms. The molecule has 0 aromatic rings. The third kappa shape index (κ3) is 9.48. The molecule has 0 radical (unpaired) electrons. The van der Waals surface area contributed by atoms with Crippen molar-refractivity contribution in [2.75, 3.05) is 6.61 Å². The van der Waals surface area contributed by atoms with Crippen LogP contribution in [0.3, 0.4) is 0 Å². The van der Waals surface area contributed by atoms with Gasteiger partial charge in [-0.2, -0.15) is 0 Å². The molecule has 0 amide bonds. The average molecular weight is 158 g/mol. The molecule has 66 valence electrons. The fourth-order valence-corrected chi connectivity index (χ4v) is 0.377. The van der Waals surface area contributed by atoms with E-state index in [0.29, 0.717) is 0 Å². The van der Waals surface area contributed by atoms with Crippen molar-refractivity contribution in [1.82, 2.24) is 0 Å². The van der Waals surface area contributed by atoms with Gasteiger partial charge < -0.3 is 9.84 Å². The van der Waals surface area contributed by atoms with Crippen molar-refractivity contribution in [3.8, 4) is 12.3 Å². The topological polar surface area (TPSA) is 29.5 Å². The monoisotopic (exact) mass is 158 g/mol. The maximum atomic E-state index is 8.86. The highest BCUT2D eigenvalue weighted by molar-refractivity contribution is 4.93. The van der Waals surface area contributed by atoms with Gasteiger partial charge >= 0.3 is 0 Å². The summed E-state index contributed by atoms with van der Waals surface area (Å²) in [6, 6.07) is 0. The molecule has 11 heavy (non-hydrogen) atoms. The number of terminal acetylenes is 1. The van der Waals surface area contributed by atoms with Crippen molar-refractivity contribution in [3.05, 3.63) is 0 Å². The van der Waals surface area contributed by atoms with Crippen LogP contribution in [-0.2, 0) is 4.74 Å². The zero-order chi connectivity index (χ0) is 8.20. The van der Waals surface area contributed by atoms with Crippen LogP contribution in [0.1, 0.15) is 28.2 Å². The molecule has 0 unspecified atom stereocenters. The Morgan fingerprint density at radius 2 is 2.00 bits per heavy atom. The van der Waals surface area contributed by atoms with Crippen molar-refractivity contribution in [2.24, 2.45) is 0 Å². The maximum absolute atomic E-state index is 8.86. The third-order valence-corrected chi connectivity index (χ3v) is 0.867. The van der Waals surface area contributed by atoms with E-state index in [1.165, 1.54) is 0 Å². The predicted octanol–water partition coefficient (Wildman–Crippen LogP) is 1.43. The molecule has 0 aliphatic carbocycles. The summed E-state index contributed by atoms with van der Waals surface area (Å²) in [6.07, 6.45) is 4.14. The van der Waals surface area contributed by atoms with Gasteiger partial charge in [0, 0.05) is 0 Å². The Morgan fingerprint density at radius 3 is 2.27 bits per heavy atom. The van der Waals surface area contributed by atoms with Crippen LogP contribution in [0.4, 0.5) is 0 Å². The summed E-state index contributed by atoms with van der Waals surface area (Å²) >= 11 is 0. The van der Waals surface area contributed by atoms with Gasteiger partial charge in [0.2, 0.25) is 0 Å².